The summed E-state index contributed by atoms with van der Waals surface area (Å²) in [5, 5.41) is 9.18. The summed E-state index contributed by atoms with van der Waals surface area (Å²) in [7, 11) is -4.67. The van der Waals surface area contributed by atoms with Gasteiger partial charge in [-0.2, -0.15) is 8.42 Å². The number of benzene rings is 1. The summed E-state index contributed by atoms with van der Waals surface area (Å²) in [6.07, 6.45) is 0. The minimum absolute atomic E-state index is 0.133. The van der Waals surface area contributed by atoms with Crippen molar-refractivity contribution in [1.82, 2.24) is 0 Å². The number of phenols is 1. The molecule has 13 heavy (non-hydrogen) atoms. The summed E-state index contributed by atoms with van der Waals surface area (Å²) < 4.78 is 31.6. The zero-order valence-electron chi connectivity index (χ0n) is 6.25. The van der Waals surface area contributed by atoms with E-state index in [2.05, 4.69) is 0 Å². The SMILES string of the molecule is O=S(=O)(O)O.Oc1ccccc1Cl. The van der Waals surface area contributed by atoms with Gasteiger partial charge in [-0.25, -0.2) is 0 Å². The molecular weight excluding hydrogens is 220 g/mol. The summed E-state index contributed by atoms with van der Waals surface area (Å²) in [4.78, 5) is 0. The van der Waals surface area contributed by atoms with E-state index in [1.165, 1.54) is 0 Å². The monoisotopic (exact) mass is 226 g/mol. The molecule has 0 saturated carbocycles. The van der Waals surface area contributed by atoms with Crippen LogP contribution in [0, 0.1) is 0 Å². The van der Waals surface area contributed by atoms with Crippen molar-refractivity contribution in [2.45, 2.75) is 0 Å². The Hall–Kier alpha value is -0.820. The van der Waals surface area contributed by atoms with Crippen molar-refractivity contribution in [2.75, 3.05) is 0 Å². The molecule has 0 amide bonds. The summed E-state index contributed by atoms with van der Waals surface area (Å²) in [5.74, 6) is 0.133. The molecule has 5 nitrogen and oxygen atoms in total. The van der Waals surface area contributed by atoms with Crippen LogP contribution in [0.2, 0.25) is 5.02 Å². The first-order valence-electron chi connectivity index (χ1n) is 2.94. The third kappa shape index (κ3) is 9.09. The van der Waals surface area contributed by atoms with Gasteiger partial charge in [0.15, 0.2) is 0 Å². The van der Waals surface area contributed by atoms with Crippen LogP contribution in [-0.2, 0) is 10.4 Å². The summed E-state index contributed by atoms with van der Waals surface area (Å²) >= 11 is 5.46. The zero-order valence-corrected chi connectivity index (χ0v) is 7.83. The van der Waals surface area contributed by atoms with Crippen LogP contribution in [0.4, 0.5) is 0 Å². The molecule has 0 aromatic heterocycles. The van der Waals surface area contributed by atoms with E-state index in [0.717, 1.165) is 0 Å². The lowest BCUT2D eigenvalue weighted by Gasteiger charge is -1.89. The van der Waals surface area contributed by atoms with Gasteiger partial charge in [-0.3, -0.25) is 9.11 Å². The van der Waals surface area contributed by atoms with Crippen LogP contribution in [-0.4, -0.2) is 22.6 Å². The predicted molar refractivity (Wildman–Crippen MR) is 47.3 cm³/mol. The molecule has 1 aromatic carbocycles. The molecule has 0 atom stereocenters. The van der Waals surface area contributed by atoms with E-state index in [1.807, 2.05) is 0 Å². The summed E-state index contributed by atoms with van der Waals surface area (Å²) in [6, 6.07) is 6.67. The maximum atomic E-state index is 8.79. The Morgan fingerprint density at radius 1 is 1.15 bits per heavy atom. The van der Waals surface area contributed by atoms with Gasteiger partial charge in [-0.15, -0.1) is 0 Å². The average molecular weight is 227 g/mol. The van der Waals surface area contributed by atoms with Crippen LogP contribution >= 0.6 is 11.6 Å². The van der Waals surface area contributed by atoms with Crippen molar-refractivity contribution in [3.63, 3.8) is 0 Å². The second-order valence-electron chi connectivity index (χ2n) is 1.90. The van der Waals surface area contributed by atoms with Gasteiger partial charge in [0, 0.05) is 0 Å². The van der Waals surface area contributed by atoms with Crippen molar-refractivity contribution < 1.29 is 22.6 Å². The smallest absolute Gasteiger partial charge is 0.394 e. The second-order valence-corrected chi connectivity index (χ2v) is 3.20. The Kier molecular flexibility index (Phi) is 4.71. The average Bonchev–Trinajstić information content (AvgIpc) is 1.92. The molecule has 0 fully saturated rings. The molecule has 1 aromatic rings. The maximum Gasteiger partial charge on any atom is 0.394 e. The number of hydrogen-bond acceptors (Lipinski definition) is 3. The number of rotatable bonds is 0. The first-order chi connectivity index (χ1) is 5.80. The molecule has 0 aliphatic carbocycles. The second kappa shape index (κ2) is 5.03. The van der Waals surface area contributed by atoms with E-state index in [1.54, 1.807) is 24.3 Å². The van der Waals surface area contributed by atoms with Crippen molar-refractivity contribution in [3.8, 4) is 5.75 Å². The highest BCUT2D eigenvalue weighted by Gasteiger charge is 1.89. The maximum absolute atomic E-state index is 8.79. The fraction of sp³-hybridized carbons (Fsp3) is 0. The number of para-hydroxylation sites is 1. The Morgan fingerprint density at radius 2 is 1.54 bits per heavy atom. The van der Waals surface area contributed by atoms with E-state index in [-0.39, 0.29) is 5.75 Å². The van der Waals surface area contributed by atoms with Gasteiger partial charge in [-0.1, -0.05) is 23.7 Å². The molecule has 0 aliphatic rings. The molecule has 74 valence electrons. The minimum Gasteiger partial charge on any atom is -0.506 e. The van der Waals surface area contributed by atoms with E-state index in [0.29, 0.717) is 5.02 Å². The summed E-state index contributed by atoms with van der Waals surface area (Å²) in [6.45, 7) is 0. The van der Waals surface area contributed by atoms with Crippen molar-refractivity contribution in [2.24, 2.45) is 0 Å². The number of hydrogen-bond donors (Lipinski definition) is 3. The standard InChI is InChI=1S/C6H5ClO.H2O4S/c7-5-3-1-2-4-6(5)8;1-5(2,3)4/h1-4,8H;(H2,1,2,3,4). The lowest BCUT2D eigenvalue weighted by Crippen LogP contribution is -1.89. The Morgan fingerprint density at radius 3 is 1.77 bits per heavy atom. The normalized spacial score (nSPS) is 10.1. The fourth-order valence-electron chi connectivity index (χ4n) is 0.452. The van der Waals surface area contributed by atoms with Gasteiger partial charge in [0.25, 0.3) is 0 Å². The first-order valence-corrected chi connectivity index (χ1v) is 4.71. The molecule has 7 heteroatoms. The molecule has 0 spiro atoms. The highest BCUT2D eigenvalue weighted by atomic mass is 35.5. The largest absolute Gasteiger partial charge is 0.506 e. The molecular formula is C6H7ClO5S. The zero-order chi connectivity index (χ0) is 10.5. The van der Waals surface area contributed by atoms with Gasteiger partial charge in [-0.05, 0) is 12.1 Å². The molecule has 0 heterocycles. The van der Waals surface area contributed by atoms with Crippen LogP contribution in [0.25, 0.3) is 0 Å². The van der Waals surface area contributed by atoms with Crippen molar-refractivity contribution >= 4 is 22.0 Å². The molecule has 0 bridgehead atoms. The van der Waals surface area contributed by atoms with Gasteiger partial charge in [0.1, 0.15) is 5.75 Å². The predicted octanol–water partition coefficient (Wildman–Crippen LogP) is 1.39. The molecule has 0 aliphatic heterocycles. The van der Waals surface area contributed by atoms with Gasteiger partial charge >= 0.3 is 10.4 Å². The van der Waals surface area contributed by atoms with Crippen LogP contribution in [0.5, 0.6) is 5.75 Å². The molecule has 3 N–H and O–H groups in total. The first kappa shape index (κ1) is 12.2. The van der Waals surface area contributed by atoms with Gasteiger partial charge < -0.3 is 5.11 Å². The topological polar surface area (TPSA) is 94.8 Å². The van der Waals surface area contributed by atoms with E-state index >= 15 is 0 Å². The van der Waals surface area contributed by atoms with Crippen LogP contribution in [0.1, 0.15) is 0 Å². The quantitative estimate of drug-likeness (QED) is 0.581. The summed E-state index contributed by atoms with van der Waals surface area (Å²) in [5.41, 5.74) is 0. The van der Waals surface area contributed by atoms with Crippen LogP contribution in [0.3, 0.4) is 0 Å². The van der Waals surface area contributed by atoms with Crippen molar-refractivity contribution in [3.05, 3.63) is 29.3 Å². The van der Waals surface area contributed by atoms with Crippen LogP contribution in [0.15, 0.2) is 24.3 Å². The highest BCUT2D eigenvalue weighted by molar-refractivity contribution is 7.79. The van der Waals surface area contributed by atoms with Gasteiger partial charge in [0.05, 0.1) is 5.02 Å². The molecule has 0 radical (unpaired) electrons. The number of halogens is 1. The highest BCUT2D eigenvalue weighted by Crippen LogP contribution is 2.20. The fourth-order valence-corrected chi connectivity index (χ4v) is 0.587. The Bertz CT molecular complexity index is 332. The Labute approximate surface area is 80.2 Å². The molecule has 0 unspecified atom stereocenters. The molecule has 0 saturated heterocycles. The number of aromatic hydroxyl groups is 1. The molecule has 1 rings (SSSR count). The van der Waals surface area contributed by atoms with E-state index in [9.17, 15) is 0 Å². The third-order valence-electron chi connectivity index (χ3n) is 0.852. The Balaban J connectivity index is 0.000000252. The number of phenolic OH excluding ortho intramolecular Hbond substituents is 1. The lowest BCUT2D eigenvalue weighted by molar-refractivity contribution is 0.381. The van der Waals surface area contributed by atoms with E-state index < -0.39 is 10.4 Å². The third-order valence-corrected chi connectivity index (χ3v) is 1.17. The lowest BCUT2D eigenvalue weighted by atomic mass is 10.3. The minimum atomic E-state index is -4.67. The van der Waals surface area contributed by atoms with Gasteiger partial charge in [0.2, 0.25) is 0 Å². The van der Waals surface area contributed by atoms with Crippen molar-refractivity contribution in [1.29, 1.82) is 0 Å². The van der Waals surface area contributed by atoms with Crippen LogP contribution < -0.4 is 0 Å². The van der Waals surface area contributed by atoms with E-state index in [4.69, 9.17) is 34.2 Å².